The molecule has 0 atom stereocenters. The molecule has 162 valence electrons. The smallest absolute Gasteiger partial charge is 0.305 e. The van der Waals surface area contributed by atoms with Crippen LogP contribution in [0, 0.1) is 13.8 Å². The SMILES string of the molecule is Cc1ccc(C)c(OCC(=O)NNC(=O)c2occc2CS(=O)(=O)c2ccccc2)c1. The van der Waals surface area contributed by atoms with E-state index in [4.69, 9.17) is 9.15 Å². The van der Waals surface area contributed by atoms with Crippen LogP contribution in [0.2, 0.25) is 0 Å². The van der Waals surface area contributed by atoms with E-state index < -0.39 is 27.4 Å². The lowest BCUT2D eigenvalue weighted by molar-refractivity contribution is -0.123. The number of amides is 2. The molecule has 0 saturated heterocycles. The summed E-state index contributed by atoms with van der Waals surface area (Å²) < 4.78 is 35.7. The third-order valence-corrected chi connectivity index (χ3v) is 6.10. The zero-order valence-corrected chi connectivity index (χ0v) is 17.9. The van der Waals surface area contributed by atoms with Gasteiger partial charge in [0.2, 0.25) is 0 Å². The first kappa shape index (κ1) is 22.1. The van der Waals surface area contributed by atoms with Crippen molar-refractivity contribution in [2.75, 3.05) is 6.61 Å². The fourth-order valence-electron chi connectivity index (χ4n) is 2.79. The summed E-state index contributed by atoms with van der Waals surface area (Å²) in [5, 5.41) is 0. The number of carbonyl (C=O) groups excluding carboxylic acids is 2. The van der Waals surface area contributed by atoms with Gasteiger partial charge in [-0.1, -0.05) is 30.3 Å². The van der Waals surface area contributed by atoms with Crippen molar-refractivity contribution < 1.29 is 27.2 Å². The maximum atomic E-state index is 12.6. The quantitative estimate of drug-likeness (QED) is 0.544. The molecule has 0 fully saturated rings. The van der Waals surface area contributed by atoms with E-state index in [0.29, 0.717) is 5.75 Å². The Labute approximate surface area is 180 Å². The molecule has 2 amide bonds. The molecule has 0 aliphatic rings. The Balaban J connectivity index is 1.57. The second-order valence-electron chi connectivity index (χ2n) is 6.91. The van der Waals surface area contributed by atoms with Crippen molar-refractivity contribution in [2.45, 2.75) is 24.5 Å². The fraction of sp³-hybridized carbons (Fsp3) is 0.182. The summed E-state index contributed by atoms with van der Waals surface area (Å²) in [6.45, 7) is 3.46. The summed E-state index contributed by atoms with van der Waals surface area (Å²) in [5.74, 6) is -1.40. The van der Waals surface area contributed by atoms with Gasteiger partial charge in [-0.2, -0.15) is 0 Å². The summed E-state index contributed by atoms with van der Waals surface area (Å²) >= 11 is 0. The maximum Gasteiger partial charge on any atom is 0.305 e. The van der Waals surface area contributed by atoms with E-state index in [0.717, 1.165) is 11.1 Å². The first-order chi connectivity index (χ1) is 14.8. The average molecular weight is 442 g/mol. The lowest BCUT2D eigenvalue weighted by atomic mass is 10.1. The van der Waals surface area contributed by atoms with E-state index in [2.05, 4.69) is 10.9 Å². The molecule has 31 heavy (non-hydrogen) atoms. The van der Waals surface area contributed by atoms with Crippen molar-refractivity contribution >= 4 is 21.7 Å². The molecule has 9 heteroatoms. The summed E-state index contributed by atoms with van der Waals surface area (Å²) in [4.78, 5) is 24.5. The standard InChI is InChI=1S/C22H22N2O6S/c1-15-8-9-16(2)19(12-15)30-13-20(25)23-24-22(26)21-17(10-11-29-21)14-31(27,28)18-6-4-3-5-7-18/h3-12H,13-14H2,1-2H3,(H,23,25)(H,24,26). The Morgan fingerprint density at radius 2 is 1.74 bits per heavy atom. The van der Waals surface area contributed by atoms with Crippen LogP contribution in [0.15, 0.2) is 70.2 Å². The fourth-order valence-corrected chi connectivity index (χ4v) is 4.17. The molecule has 2 N–H and O–H groups in total. The van der Waals surface area contributed by atoms with Crippen LogP contribution in [-0.4, -0.2) is 26.8 Å². The Hall–Kier alpha value is -3.59. The minimum absolute atomic E-state index is 0.138. The Morgan fingerprint density at radius 3 is 2.48 bits per heavy atom. The lowest BCUT2D eigenvalue weighted by Crippen LogP contribution is -2.44. The van der Waals surface area contributed by atoms with Crippen molar-refractivity contribution in [1.29, 1.82) is 0 Å². The molecule has 0 spiro atoms. The van der Waals surface area contributed by atoms with Crippen molar-refractivity contribution in [3.8, 4) is 5.75 Å². The number of hydrogen-bond donors (Lipinski definition) is 2. The van der Waals surface area contributed by atoms with E-state index in [1.807, 2.05) is 32.0 Å². The molecule has 0 bridgehead atoms. The van der Waals surface area contributed by atoms with Gasteiger partial charge in [-0.15, -0.1) is 0 Å². The second kappa shape index (κ2) is 9.48. The van der Waals surface area contributed by atoms with Gasteiger partial charge >= 0.3 is 5.91 Å². The highest BCUT2D eigenvalue weighted by Crippen LogP contribution is 2.20. The molecule has 2 aromatic carbocycles. The molecule has 8 nitrogen and oxygen atoms in total. The molecule has 3 rings (SSSR count). The molecule has 1 aromatic heterocycles. The van der Waals surface area contributed by atoms with Gasteiger partial charge < -0.3 is 9.15 Å². The number of aryl methyl sites for hydroxylation is 2. The van der Waals surface area contributed by atoms with Gasteiger partial charge in [0.1, 0.15) is 5.75 Å². The lowest BCUT2D eigenvalue weighted by Gasteiger charge is -2.11. The zero-order chi connectivity index (χ0) is 22.4. The second-order valence-corrected chi connectivity index (χ2v) is 8.90. The first-order valence-corrected chi connectivity index (χ1v) is 11.0. The molecule has 0 radical (unpaired) electrons. The van der Waals surface area contributed by atoms with Crippen LogP contribution >= 0.6 is 0 Å². The van der Waals surface area contributed by atoms with Crippen LogP contribution < -0.4 is 15.6 Å². The van der Waals surface area contributed by atoms with Crippen LogP contribution in [0.1, 0.15) is 27.2 Å². The van der Waals surface area contributed by atoms with Crippen molar-refractivity contribution in [3.05, 3.63) is 83.3 Å². The van der Waals surface area contributed by atoms with Gasteiger partial charge in [-0.25, -0.2) is 8.42 Å². The number of benzene rings is 2. The number of rotatable bonds is 7. The van der Waals surface area contributed by atoms with Crippen LogP contribution in [0.25, 0.3) is 0 Å². The monoisotopic (exact) mass is 442 g/mol. The van der Waals surface area contributed by atoms with Crippen molar-refractivity contribution in [2.24, 2.45) is 0 Å². The maximum absolute atomic E-state index is 12.6. The number of carbonyl (C=O) groups is 2. The van der Waals surface area contributed by atoms with Gasteiger partial charge in [0.15, 0.2) is 22.2 Å². The summed E-state index contributed by atoms with van der Waals surface area (Å²) in [5.41, 5.74) is 6.48. The largest absolute Gasteiger partial charge is 0.483 e. The van der Waals surface area contributed by atoms with E-state index in [1.165, 1.54) is 24.5 Å². The van der Waals surface area contributed by atoms with E-state index in [1.54, 1.807) is 18.2 Å². The minimum Gasteiger partial charge on any atom is -0.483 e. The van der Waals surface area contributed by atoms with Crippen LogP contribution in [0.4, 0.5) is 0 Å². The van der Waals surface area contributed by atoms with E-state index >= 15 is 0 Å². The van der Waals surface area contributed by atoms with Gasteiger partial charge in [-0.05, 0) is 49.2 Å². The van der Waals surface area contributed by atoms with E-state index in [-0.39, 0.29) is 22.8 Å². The highest BCUT2D eigenvalue weighted by Gasteiger charge is 2.22. The molecule has 1 heterocycles. The number of sulfone groups is 1. The zero-order valence-electron chi connectivity index (χ0n) is 17.0. The Bertz CT molecular complexity index is 1190. The predicted octanol–water partition coefficient (Wildman–Crippen LogP) is 2.71. The number of furan rings is 1. The van der Waals surface area contributed by atoms with Gasteiger partial charge in [0.05, 0.1) is 16.9 Å². The number of nitrogens with one attached hydrogen (secondary N) is 2. The number of ether oxygens (including phenoxy) is 1. The third-order valence-electron chi connectivity index (χ3n) is 4.42. The highest BCUT2D eigenvalue weighted by atomic mass is 32.2. The molecule has 0 saturated carbocycles. The number of hydrazine groups is 1. The summed E-state index contributed by atoms with van der Waals surface area (Å²) in [6, 6.07) is 14.9. The van der Waals surface area contributed by atoms with Crippen molar-refractivity contribution in [1.82, 2.24) is 10.9 Å². The minimum atomic E-state index is -3.66. The Kier molecular flexibility index (Phi) is 6.76. The first-order valence-electron chi connectivity index (χ1n) is 9.39. The van der Waals surface area contributed by atoms with Crippen LogP contribution in [-0.2, 0) is 20.4 Å². The van der Waals surface area contributed by atoms with Crippen LogP contribution in [0.3, 0.4) is 0 Å². The predicted molar refractivity (Wildman–Crippen MR) is 113 cm³/mol. The number of hydrogen-bond acceptors (Lipinski definition) is 6. The van der Waals surface area contributed by atoms with Gasteiger partial charge in [0, 0.05) is 5.56 Å². The topological polar surface area (TPSA) is 115 Å². The van der Waals surface area contributed by atoms with Gasteiger partial charge in [0.25, 0.3) is 5.91 Å². The van der Waals surface area contributed by atoms with E-state index in [9.17, 15) is 18.0 Å². The Morgan fingerprint density at radius 1 is 1.00 bits per heavy atom. The normalized spacial score (nSPS) is 11.0. The van der Waals surface area contributed by atoms with Crippen LogP contribution in [0.5, 0.6) is 5.75 Å². The molecular formula is C22H22N2O6S. The molecular weight excluding hydrogens is 420 g/mol. The average Bonchev–Trinajstić information content (AvgIpc) is 3.20. The van der Waals surface area contributed by atoms with Gasteiger partial charge in [-0.3, -0.25) is 20.4 Å². The molecule has 3 aromatic rings. The van der Waals surface area contributed by atoms with Crippen molar-refractivity contribution in [3.63, 3.8) is 0 Å². The third kappa shape index (κ3) is 5.73. The summed E-state index contributed by atoms with van der Waals surface area (Å²) in [7, 11) is -3.66. The molecule has 0 aliphatic carbocycles. The molecule has 0 aliphatic heterocycles. The molecule has 0 unspecified atom stereocenters. The summed E-state index contributed by atoms with van der Waals surface area (Å²) in [6.07, 6.45) is 1.22. The highest BCUT2D eigenvalue weighted by molar-refractivity contribution is 7.90.